The molecule has 6 nitrogen and oxygen atoms in total. The summed E-state index contributed by atoms with van der Waals surface area (Å²) in [7, 11) is 0. The van der Waals surface area contributed by atoms with Gasteiger partial charge in [-0.25, -0.2) is 9.18 Å². The summed E-state index contributed by atoms with van der Waals surface area (Å²) in [5, 5.41) is 23.1. The minimum Gasteiger partial charge on any atom is -0.449 e. The molecule has 0 bridgehead atoms. The number of aryl methyl sites for hydroxylation is 1. The monoisotopic (exact) mass is 450 g/mol. The van der Waals surface area contributed by atoms with E-state index in [2.05, 4.69) is 17.4 Å². The van der Waals surface area contributed by atoms with Crippen LogP contribution in [0.15, 0.2) is 60.7 Å². The van der Waals surface area contributed by atoms with E-state index >= 15 is 0 Å². The summed E-state index contributed by atoms with van der Waals surface area (Å²) >= 11 is 0. The lowest BCUT2D eigenvalue weighted by Crippen LogP contribution is -2.31. The molecule has 0 aromatic heterocycles. The highest BCUT2D eigenvalue weighted by molar-refractivity contribution is 5.79. The first-order valence-electron chi connectivity index (χ1n) is 10.9. The normalized spacial score (nSPS) is 14.3. The van der Waals surface area contributed by atoms with Crippen LogP contribution in [0.2, 0.25) is 0 Å². The maximum Gasteiger partial charge on any atom is 0.407 e. The van der Waals surface area contributed by atoms with E-state index in [0.29, 0.717) is 11.3 Å². The van der Waals surface area contributed by atoms with Gasteiger partial charge in [-0.1, -0.05) is 48.5 Å². The molecule has 0 spiro atoms. The van der Waals surface area contributed by atoms with Crippen molar-refractivity contribution >= 4 is 11.8 Å². The van der Waals surface area contributed by atoms with Gasteiger partial charge in [-0.2, -0.15) is 0 Å². The van der Waals surface area contributed by atoms with E-state index in [0.717, 1.165) is 22.3 Å². The number of hydrogen-bond donors (Lipinski definition) is 4. The number of alkyl carbamates (subject to hydrolysis) is 1. The van der Waals surface area contributed by atoms with E-state index in [-0.39, 0.29) is 31.1 Å². The van der Waals surface area contributed by atoms with Crippen molar-refractivity contribution in [2.24, 2.45) is 0 Å². The molecule has 0 saturated carbocycles. The van der Waals surface area contributed by atoms with Gasteiger partial charge in [-0.05, 0) is 53.3 Å². The summed E-state index contributed by atoms with van der Waals surface area (Å²) in [5.41, 5.74) is 11.1. The van der Waals surface area contributed by atoms with Crippen molar-refractivity contribution in [1.82, 2.24) is 5.32 Å². The van der Waals surface area contributed by atoms with Gasteiger partial charge in [0.15, 0.2) is 0 Å². The molecule has 1 amide bonds. The van der Waals surface area contributed by atoms with Crippen LogP contribution in [0, 0.1) is 12.7 Å². The lowest BCUT2D eigenvalue weighted by atomic mass is 9.98. The molecule has 2 unspecified atom stereocenters. The molecule has 4 rings (SSSR count). The first-order chi connectivity index (χ1) is 15.9. The Labute approximate surface area is 191 Å². The number of rotatable bonds is 7. The Kier molecular flexibility index (Phi) is 6.62. The van der Waals surface area contributed by atoms with Crippen LogP contribution in [0.1, 0.15) is 40.7 Å². The minimum atomic E-state index is -1.46. The quantitative estimate of drug-likeness (QED) is 0.407. The molecule has 0 fully saturated rings. The SMILES string of the molecule is Cc1cc(F)c(C(O)C(O)CCNC(=O)OCC2c3ccccc3-c3ccccc32)cc1N. The highest BCUT2D eigenvalue weighted by atomic mass is 19.1. The summed E-state index contributed by atoms with van der Waals surface area (Å²) in [6.45, 7) is 1.89. The summed E-state index contributed by atoms with van der Waals surface area (Å²) in [4.78, 5) is 12.2. The second-order valence-corrected chi connectivity index (χ2v) is 8.28. The maximum absolute atomic E-state index is 14.1. The highest BCUT2D eigenvalue weighted by Crippen LogP contribution is 2.44. The number of hydrogen-bond acceptors (Lipinski definition) is 5. The van der Waals surface area contributed by atoms with Crippen molar-refractivity contribution in [3.63, 3.8) is 0 Å². The van der Waals surface area contributed by atoms with Gasteiger partial charge < -0.3 is 26.0 Å². The van der Waals surface area contributed by atoms with Crippen LogP contribution in [-0.4, -0.2) is 35.6 Å². The van der Waals surface area contributed by atoms with Crippen LogP contribution in [-0.2, 0) is 4.74 Å². The van der Waals surface area contributed by atoms with E-state index in [1.54, 1.807) is 6.92 Å². The van der Waals surface area contributed by atoms with E-state index in [9.17, 15) is 19.4 Å². The molecule has 33 heavy (non-hydrogen) atoms. The van der Waals surface area contributed by atoms with Crippen LogP contribution in [0.5, 0.6) is 0 Å². The molecule has 1 aliphatic rings. The lowest BCUT2D eigenvalue weighted by Gasteiger charge is -2.20. The number of nitrogens with one attached hydrogen (secondary N) is 1. The Morgan fingerprint density at radius 1 is 1.09 bits per heavy atom. The molecule has 1 aliphatic carbocycles. The smallest absolute Gasteiger partial charge is 0.407 e. The highest BCUT2D eigenvalue weighted by Gasteiger charge is 2.29. The Bertz CT molecular complexity index is 1120. The number of ether oxygens (including phenoxy) is 1. The number of carbonyl (C=O) groups excluding carboxylic acids is 1. The molecule has 0 heterocycles. The predicted molar refractivity (Wildman–Crippen MR) is 124 cm³/mol. The Hall–Kier alpha value is -3.42. The molecular formula is C26H27FN2O4. The molecule has 5 N–H and O–H groups in total. The van der Waals surface area contributed by atoms with Gasteiger partial charge in [0, 0.05) is 23.7 Å². The molecule has 0 aliphatic heterocycles. The van der Waals surface area contributed by atoms with Gasteiger partial charge in [0.1, 0.15) is 18.5 Å². The van der Waals surface area contributed by atoms with Crippen molar-refractivity contribution in [2.75, 3.05) is 18.9 Å². The minimum absolute atomic E-state index is 0.0125. The number of halogens is 1. The predicted octanol–water partition coefficient (Wildman–Crippen LogP) is 4.04. The van der Waals surface area contributed by atoms with E-state index in [1.165, 1.54) is 12.1 Å². The van der Waals surface area contributed by atoms with E-state index in [4.69, 9.17) is 10.5 Å². The van der Waals surface area contributed by atoms with Crippen LogP contribution >= 0.6 is 0 Å². The number of aliphatic hydroxyl groups is 2. The van der Waals surface area contributed by atoms with Gasteiger partial charge in [0.2, 0.25) is 0 Å². The number of amides is 1. The van der Waals surface area contributed by atoms with Crippen LogP contribution in [0.3, 0.4) is 0 Å². The molecule has 3 aromatic carbocycles. The number of benzene rings is 3. The lowest BCUT2D eigenvalue weighted by molar-refractivity contribution is 0.0117. The maximum atomic E-state index is 14.1. The fraction of sp³-hybridized carbons (Fsp3) is 0.269. The molecule has 3 aromatic rings. The molecule has 0 saturated heterocycles. The summed E-state index contributed by atoms with van der Waals surface area (Å²) in [5.74, 6) is -0.691. The molecular weight excluding hydrogens is 423 g/mol. The van der Waals surface area contributed by atoms with Crippen LogP contribution in [0.25, 0.3) is 11.1 Å². The average molecular weight is 451 g/mol. The van der Waals surface area contributed by atoms with Crippen LogP contribution in [0.4, 0.5) is 14.9 Å². The van der Waals surface area contributed by atoms with Crippen LogP contribution < -0.4 is 11.1 Å². The first kappa shape index (κ1) is 22.8. The summed E-state index contributed by atoms with van der Waals surface area (Å²) in [6.07, 6.45) is -3.35. The Morgan fingerprint density at radius 2 is 1.70 bits per heavy atom. The van der Waals surface area contributed by atoms with Crippen molar-refractivity contribution in [1.29, 1.82) is 0 Å². The fourth-order valence-electron chi connectivity index (χ4n) is 4.27. The molecule has 2 atom stereocenters. The second-order valence-electron chi connectivity index (χ2n) is 8.28. The summed E-state index contributed by atoms with van der Waals surface area (Å²) < 4.78 is 19.6. The number of fused-ring (bicyclic) bond motifs is 3. The van der Waals surface area contributed by atoms with Gasteiger partial charge in [-0.15, -0.1) is 0 Å². The van der Waals surface area contributed by atoms with Gasteiger partial charge >= 0.3 is 6.09 Å². The third-order valence-corrected chi connectivity index (χ3v) is 6.12. The second kappa shape index (κ2) is 9.60. The molecule has 7 heteroatoms. The number of anilines is 1. The Balaban J connectivity index is 1.30. The zero-order valence-electron chi connectivity index (χ0n) is 18.3. The zero-order chi connectivity index (χ0) is 23.5. The third-order valence-electron chi connectivity index (χ3n) is 6.12. The van der Waals surface area contributed by atoms with Crippen molar-refractivity contribution in [3.05, 3.63) is 88.7 Å². The van der Waals surface area contributed by atoms with Crippen molar-refractivity contribution < 1.29 is 24.1 Å². The number of nitrogens with two attached hydrogens (primary N) is 1. The first-order valence-corrected chi connectivity index (χ1v) is 10.9. The van der Waals surface area contributed by atoms with Gasteiger partial charge in [0.05, 0.1) is 6.10 Å². The number of nitrogen functional groups attached to an aromatic ring is 1. The average Bonchev–Trinajstić information content (AvgIpc) is 3.13. The standard InChI is InChI=1S/C26H27FN2O4/c1-15-12-22(27)20(13-23(15)28)25(31)24(30)10-11-29-26(32)33-14-21-18-8-4-2-6-16(18)17-7-3-5-9-19(17)21/h2-9,12-13,21,24-25,30-31H,10-11,14,28H2,1H3,(H,29,32). The van der Waals surface area contributed by atoms with Gasteiger partial charge in [0.25, 0.3) is 0 Å². The summed E-state index contributed by atoms with van der Waals surface area (Å²) in [6, 6.07) is 18.6. The van der Waals surface area contributed by atoms with Gasteiger partial charge in [-0.3, -0.25) is 0 Å². The van der Waals surface area contributed by atoms with E-state index in [1.807, 2.05) is 36.4 Å². The third kappa shape index (κ3) is 4.69. The van der Waals surface area contributed by atoms with Crippen molar-refractivity contribution in [3.8, 4) is 11.1 Å². The fourth-order valence-corrected chi connectivity index (χ4v) is 4.27. The largest absolute Gasteiger partial charge is 0.449 e. The van der Waals surface area contributed by atoms with E-state index < -0.39 is 24.1 Å². The zero-order valence-corrected chi connectivity index (χ0v) is 18.3. The number of aliphatic hydroxyl groups excluding tert-OH is 2. The van der Waals surface area contributed by atoms with Crippen molar-refractivity contribution in [2.45, 2.75) is 31.5 Å². The molecule has 0 radical (unpaired) electrons. The topological polar surface area (TPSA) is 105 Å². The Morgan fingerprint density at radius 3 is 2.33 bits per heavy atom. The molecule has 172 valence electrons. The number of carbonyl (C=O) groups is 1.